The first-order chi connectivity index (χ1) is 51.5. The summed E-state index contributed by atoms with van der Waals surface area (Å²) in [5.74, 6) is 0.375. The lowest BCUT2D eigenvalue weighted by atomic mass is 9.90. The molecule has 0 atom stereocenters. The monoisotopic (exact) mass is 1400 g/mol. The average Bonchev–Trinajstić information content (AvgIpc) is 1.67. The van der Waals surface area contributed by atoms with E-state index in [0.717, 1.165) is 102 Å². The van der Waals surface area contributed by atoms with Crippen molar-refractivity contribution in [2.75, 3.05) is 110 Å². The van der Waals surface area contributed by atoms with Gasteiger partial charge in [0.2, 0.25) is 0 Å². The van der Waals surface area contributed by atoms with Gasteiger partial charge in [0.05, 0.1) is 70.7 Å². The van der Waals surface area contributed by atoms with Crippen molar-refractivity contribution in [1.82, 2.24) is 14.5 Å². The minimum atomic E-state index is -0.0867. The minimum Gasteiger partial charge on any atom is -0.384 e. The van der Waals surface area contributed by atoms with Crippen LogP contribution >= 0.6 is 0 Å². The van der Waals surface area contributed by atoms with Crippen molar-refractivity contribution in [2.45, 2.75) is 39.2 Å². The molecule has 11 aromatic carbocycles. The maximum absolute atomic E-state index is 12.7. The topological polar surface area (TPSA) is 161 Å². The van der Waals surface area contributed by atoms with Crippen LogP contribution in [0.4, 0.5) is 17.1 Å². The first-order valence-corrected chi connectivity index (χ1v) is 35.6. The number of methoxy groups -OCH3 is 5. The van der Waals surface area contributed by atoms with Gasteiger partial charge in [-0.05, 0) is 131 Å². The molecule has 2 aliphatic rings. The largest absolute Gasteiger partial charge is 0.384 e. The van der Waals surface area contributed by atoms with Crippen molar-refractivity contribution >= 4 is 93.8 Å². The summed E-state index contributed by atoms with van der Waals surface area (Å²) in [4.78, 5) is 40.6. The molecule has 0 unspecified atom stereocenters. The molecule has 2 N–H and O–H groups in total. The van der Waals surface area contributed by atoms with Crippen LogP contribution in [0.25, 0.3) is 87.4 Å². The van der Waals surface area contributed by atoms with Crippen molar-refractivity contribution in [2.24, 2.45) is 0 Å². The highest BCUT2D eigenvalue weighted by Crippen LogP contribution is 2.43. The van der Waals surface area contributed by atoms with Crippen molar-refractivity contribution in [3.05, 3.63) is 294 Å². The normalized spacial score (nSPS) is 11.7. The summed E-state index contributed by atoms with van der Waals surface area (Å²) in [6, 6.07) is 86.0. The molecule has 0 bridgehead atoms. The number of ether oxygens (including phenoxy) is 5. The van der Waals surface area contributed by atoms with Crippen LogP contribution in [0.3, 0.4) is 0 Å². The molecule has 14 aromatic rings. The van der Waals surface area contributed by atoms with Crippen LogP contribution in [0.5, 0.6) is 0 Å². The Bertz CT molecular complexity index is 5250. The molecule has 2 aliphatic carbocycles. The zero-order valence-corrected chi connectivity index (χ0v) is 60.9. The summed E-state index contributed by atoms with van der Waals surface area (Å²) in [6.07, 6.45) is 0. The first-order valence-electron chi connectivity index (χ1n) is 35.6. The van der Waals surface area contributed by atoms with Gasteiger partial charge in [-0.2, -0.15) is 0 Å². The first kappa shape index (κ1) is 73.8. The summed E-state index contributed by atoms with van der Waals surface area (Å²) in [7, 11) is 8.46. The summed E-state index contributed by atoms with van der Waals surface area (Å²) >= 11 is 0. The summed E-state index contributed by atoms with van der Waals surface area (Å²) < 4.78 is 29.0. The second kappa shape index (κ2) is 35.0. The maximum Gasteiger partial charge on any atom is 0.196 e. The number of aliphatic hydroxyl groups is 2. The van der Waals surface area contributed by atoms with E-state index in [9.17, 15) is 19.8 Å². The van der Waals surface area contributed by atoms with E-state index in [-0.39, 0.29) is 36.9 Å². The highest BCUT2D eigenvalue weighted by atomic mass is 16.5. The smallest absolute Gasteiger partial charge is 0.196 e. The molecular weight excluding hydrogens is 1310 g/mol. The number of rotatable bonds is 21. The minimum absolute atomic E-state index is 0.0178. The second-order valence-electron chi connectivity index (χ2n) is 25.7. The van der Waals surface area contributed by atoms with Gasteiger partial charge in [-0.25, -0.2) is 0 Å². The molecule has 0 saturated carbocycles. The Morgan fingerprint density at radius 3 is 1.34 bits per heavy atom. The van der Waals surface area contributed by atoms with E-state index in [2.05, 4.69) is 152 Å². The quantitative estimate of drug-likeness (QED) is 0.0516. The lowest BCUT2D eigenvalue weighted by molar-refractivity contribution is 0.103. The molecule has 15 heteroatoms. The van der Waals surface area contributed by atoms with E-state index in [0.29, 0.717) is 45.4 Å². The van der Waals surface area contributed by atoms with Crippen LogP contribution in [0.2, 0.25) is 0 Å². The van der Waals surface area contributed by atoms with Gasteiger partial charge in [-0.15, -0.1) is 0 Å². The van der Waals surface area contributed by atoms with Crippen LogP contribution in [-0.2, 0) is 30.2 Å². The summed E-state index contributed by atoms with van der Waals surface area (Å²) in [6.45, 7) is 11.2. The zero-order valence-electron chi connectivity index (χ0n) is 60.9. The number of hydrogen-bond acceptors (Lipinski definition) is 14. The second-order valence-corrected chi connectivity index (χ2v) is 25.7. The molecule has 3 heterocycles. The van der Waals surface area contributed by atoms with Crippen molar-refractivity contribution in [3.63, 3.8) is 0 Å². The number of pyridine rings is 2. The van der Waals surface area contributed by atoms with Gasteiger partial charge in [0, 0.05) is 110 Å². The van der Waals surface area contributed by atoms with Gasteiger partial charge < -0.3 is 53.2 Å². The van der Waals surface area contributed by atoms with E-state index in [1.165, 1.54) is 48.9 Å². The van der Waals surface area contributed by atoms with E-state index in [1.54, 1.807) is 40.4 Å². The van der Waals surface area contributed by atoms with E-state index in [1.807, 2.05) is 138 Å². The van der Waals surface area contributed by atoms with Gasteiger partial charge in [0.1, 0.15) is 26.9 Å². The third-order valence-corrected chi connectivity index (χ3v) is 19.5. The Morgan fingerprint density at radius 1 is 0.381 bits per heavy atom. The number of para-hydroxylation sites is 3. The predicted octanol–water partition coefficient (Wildman–Crippen LogP) is 18.1. The molecule has 105 heavy (non-hydrogen) atoms. The van der Waals surface area contributed by atoms with Crippen molar-refractivity contribution < 1.29 is 43.5 Å². The molecule has 3 aromatic heterocycles. The Labute approximate surface area is 614 Å². The molecule has 0 spiro atoms. The number of aliphatic hydroxyl groups excluding tert-OH is 2. The van der Waals surface area contributed by atoms with Crippen LogP contribution in [0.1, 0.15) is 81.4 Å². The van der Waals surface area contributed by atoms with Gasteiger partial charge >= 0.3 is 0 Å². The molecule has 534 valence electrons. The Balaban J connectivity index is 0.000000123. The van der Waals surface area contributed by atoms with Gasteiger partial charge in [-0.1, -0.05) is 194 Å². The van der Waals surface area contributed by atoms with Gasteiger partial charge in [0.15, 0.2) is 11.6 Å². The van der Waals surface area contributed by atoms with Crippen LogP contribution in [0, 0.1) is 0 Å². The third kappa shape index (κ3) is 15.6. The number of fused-ring (bicyclic) bond motifs is 14. The summed E-state index contributed by atoms with van der Waals surface area (Å²) in [5, 5.41) is 28.8. The fraction of sp³-hybridized carbons (Fsp3) is 0.222. The van der Waals surface area contributed by atoms with Crippen LogP contribution in [0.15, 0.2) is 255 Å². The van der Waals surface area contributed by atoms with Crippen LogP contribution in [-0.4, -0.2) is 132 Å². The highest BCUT2D eigenvalue weighted by molar-refractivity contribution is 6.25. The number of nitrogens with zero attached hydrogens (tertiary/aromatic N) is 6. The van der Waals surface area contributed by atoms with E-state index in [4.69, 9.17) is 33.7 Å². The van der Waals surface area contributed by atoms with Gasteiger partial charge in [-0.3, -0.25) is 19.6 Å². The van der Waals surface area contributed by atoms with E-state index >= 15 is 0 Å². The van der Waals surface area contributed by atoms with E-state index < -0.39 is 0 Å². The predicted molar refractivity (Wildman–Crippen MR) is 427 cm³/mol. The molecule has 16 rings (SSSR count). The zero-order chi connectivity index (χ0) is 73.3. The number of carbonyl (C=O) groups excluding carboxylic acids is 2. The Kier molecular flexibility index (Phi) is 24.6. The number of benzene rings is 11. The van der Waals surface area contributed by atoms with Crippen molar-refractivity contribution in [3.8, 4) is 22.3 Å². The number of aromatic nitrogens is 3. The molecule has 0 radical (unpaired) electrons. The average molecular weight is 1400 g/mol. The highest BCUT2D eigenvalue weighted by Gasteiger charge is 2.32. The molecule has 0 fully saturated rings. The van der Waals surface area contributed by atoms with Crippen molar-refractivity contribution in [1.29, 1.82) is 0 Å². The number of carbonyl (C=O) groups is 2. The molecular formula is C90H90N6O9. The maximum atomic E-state index is 12.7. The van der Waals surface area contributed by atoms with Crippen LogP contribution < -0.4 is 14.7 Å². The fourth-order valence-electron chi connectivity index (χ4n) is 14.5. The van der Waals surface area contributed by atoms with Gasteiger partial charge in [0.25, 0.3) is 0 Å². The number of aryl methyl sites for hydroxylation is 1. The molecule has 0 amide bonds. The standard InChI is InChI=1S/C21H18N2O.C19H20O2.C17H20N2O.C17H17NO3.C16H15NO2/c1-24-14-17(20-12-10-15-6-2-4-8-18(15)22-20)21-13-11-16-7-3-5-9-19(16)23-21;1-20-12-15(13-21-2)19-11-14-7-3-4-8-16(14)17-9-5-6-10-18(17)19;1-3-18(12-20)13-9-10-17-15(11-13)14-7-5-6-8-16(14)19(17)4-2;1-20-10-18(11-21-2)15-9-5-8-13-12-6-3-4-7-14(12)17(19)16(13)15;1-2-17(10-18)14-9-5-8-12-11-6-3-4-7-13(11)16(19)15(12)14/h2-13,17H,14H2,1H3;3-11,15H,12-13H2,1-2H3;5-11,20H,3-4,12H2,1-2H3;3-9H,10-11H2,1-2H3;3-9,18H,2,10H2,1H3. The Hall–Kier alpha value is -11.0. The number of hydrogen-bond donors (Lipinski definition) is 2. The lowest BCUT2D eigenvalue weighted by Crippen LogP contribution is -2.29. The Morgan fingerprint density at radius 2 is 0.829 bits per heavy atom. The lowest BCUT2D eigenvalue weighted by Gasteiger charge is -2.24. The molecule has 0 saturated heterocycles. The number of anilines is 3. The third-order valence-electron chi connectivity index (χ3n) is 19.5. The molecule has 15 nitrogen and oxygen atoms in total. The fourth-order valence-corrected chi connectivity index (χ4v) is 14.5. The number of ketones is 2. The molecule has 0 aliphatic heterocycles. The SMILES string of the molecule is CCN(CO)c1ccc2c(c1)c1ccccc1n2CC.CCN(CO)c1cccc2c1C(=O)c1ccccc1-2.COCC(COC)c1cc2ccccc2c2ccccc12.COCC(c1ccc2ccccc2n1)c1ccc2ccccc2n1.COCN(COC)c1cccc2c1C(=O)c1ccccc1-2. The summed E-state index contributed by atoms with van der Waals surface area (Å²) in [5.41, 5.74) is 17.4.